The first-order chi connectivity index (χ1) is 6.86. The summed E-state index contributed by atoms with van der Waals surface area (Å²) in [6.45, 7) is 3.68. The average molecular weight is 188 g/mol. The maximum atomic E-state index is 5.07. The molecule has 1 aromatic carbocycles. The van der Waals surface area contributed by atoms with Gasteiger partial charge in [-0.1, -0.05) is 30.4 Å². The van der Waals surface area contributed by atoms with E-state index in [0.29, 0.717) is 0 Å². The monoisotopic (exact) mass is 188 g/mol. The van der Waals surface area contributed by atoms with Crippen LogP contribution in [0.15, 0.2) is 43.0 Å². The van der Waals surface area contributed by atoms with Gasteiger partial charge in [0.2, 0.25) is 0 Å². The maximum Gasteiger partial charge on any atom is 0.118 e. The number of benzene rings is 1. The van der Waals surface area contributed by atoms with Gasteiger partial charge in [0.25, 0.3) is 0 Å². The van der Waals surface area contributed by atoms with Crippen LogP contribution < -0.4 is 4.74 Å². The Morgan fingerprint density at radius 3 is 2.50 bits per heavy atom. The summed E-state index contributed by atoms with van der Waals surface area (Å²) in [5, 5.41) is 0. The summed E-state index contributed by atoms with van der Waals surface area (Å²) in [5.41, 5.74) is 1.20. The number of methoxy groups -OCH3 is 1. The van der Waals surface area contributed by atoms with E-state index in [1.807, 2.05) is 30.3 Å². The lowest BCUT2D eigenvalue weighted by Crippen LogP contribution is -1.81. The fourth-order valence-electron chi connectivity index (χ4n) is 1.15. The second-order valence-electron chi connectivity index (χ2n) is 3.04. The summed E-state index contributed by atoms with van der Waals surface area (Å²) in [7, 11) is 1.68. The quantitative estimate of drug-likeness (QED) is 0.506. The van der Waals surface area contributed by atoms with Crippen molar-refractivity contribution < 1.29 is 4.74 Å². The van der Waals surface area contributed by atoms with E-state index in [2.05, 4.69) is 18.7 Å². The van der Waals surface area contributed by atoms with E-state index >= 15 is 0 Å². The van der Waals surface area contributed by atoms with Gasteiger partial charge >= 0.3 is 0 Å². The molecule has 0 aliphatic carbocycles. The number of hydrogen-bond donors (Lipinski definition) is 0. The third kappa shape index (κ3) is 3.48. The lowest BCUT2D eigenvalue weighted by molar-refractivity contribution is 0.415. The van der Waals surface area contributed by atoms with Gasteiger partial charge in [-0.25, -0.2) is 0 Å². The number of hydrogen-bond acceptors (Lipinski definition) is 1. The highest BCUT2D eigenvalue weighted by molar-refractivity contribution is 5.50. The zero-order chi connectivity index (χ0) is 10.2. The molecule has 0 amide bonds. The van der Waals surface area contributed by atoms with Crippen molar-refractivity contribution in [2.24, 2.45) is 0 Å². The van der Waals surface area contributed by atoms with Gasteiger partial charge in [0, 0.05) is 0 Å². The Labute approximate surface area is 85.7 Å². The van der Waals surface area contributed by atoms with Crippen LogP contribution in [0.4, 0.5) is 0 Å². The molecule has 0 aromatic heterocycles. The zero-order valence-corrected chi connectivity index (χ0v) is 8.57. The van der Waals surface area contributed by atoms with Crippen molar-refractivity contribution in [2.75, 3.05) is 7.11 Å². The summed E-state index contributed by atoms with van der Waals surface area (Å²) in [6.07, 6.45) is 8.28. The molecule has 1 nitrogen and oxygen atoms in total. The second kappa shape index (κ2) is 6.03. The summed E-state index contributed by atoms with van der Waals surface area (Å²) in [5.74, 6) is 0.897. The van der Waals surface area contributed by atoms with E-state index in [-0.39, 0.29) is 0 Å². The smallest absolute Gasteiger partial charge is 0.118 e. The number of unbranched alkanes of at least 4 members (excludes halogenated alkanes) is 1. The minimum atomic E-state index is 0.897. The lowest BCUT2D eigenvalue weighted by Gasteiger charge is -1.98. The van der Waals surface area contributed by atoms with Crippen molar-refractivity contribution in [3.63, 3.8) is 0 Å². The molecule has 0 aliphatic rings. The molecule has 0 N–H and O–H groups in total. The van der Waals surface area contributed by atoms with Crippen molar-refractivity contribution >= 4 is 6.08 Å². The van der Waals surface area contributed by atoms with E-state index in [1.165, 1.54) is 5.56 Å². The van der Waals surface area contributed by atoms with Gasteiger partial charge in [-0.05, 0) is 30.5 Å². The van der Waals surface area contributed by atoms with Gasteiger partial charge in [-0.3, -0.25) is 0 Å². The molecule has 0 atom stereocenters. The van der Waals surface area contributed by atoms with Crippen molar-refractivity contribution in [3.8, 4) is 5.75 Å². The van der Waals surface area contributed by atoms with Crippen LogP contribution in [0, 0.1) is 0 Å². The molecule has 1 rings (SSSR count). The molecular weight excluding hydrogens is 172 g/mol. The van der Waals surface area contributed by atoms with E-state index in [1.54, 1.807) is 7.11 Å². The first-order valence-corrected chi connectivity index (χ1v) is 4.78. The largest absolute Gasteiger partial charge is 0.497 e. The normalized spacial score (nSPS) is 10.4. The topological polar surface area (TPSA) is 9.23 Å². The summed E-state index contributed by atoms with van der Waals surface area (Å²) in [4.78, 5) is 0. The predicted molar refractivity (Wildman–Crippen MR) is 61.5 cm³/mol. The Morgan fingerprint density at radius 1 is 1.21 bits per heavy atom. The maximum absolute atomic E-state index is 5.07. The SMILES string of the molecule is C=CCC/C=C/c1ccc(OC)cc1. The molecule has 0 radical (unpaired) electrons. The highest BCUT2D eigenvalue weighted by Gasteiger charge is 1.88. The number of allylic oxidation sites excluding steroid dienone is 2. The highest BCUT2D eigenvalue weighted by atomic mass is 16.5. The zero-order valence-electron chi connectivity index (χ0n) is 8.57. The van der Waals surface area contributed by atoms with Crippen LogP contribution in [0.2, 0.25) is 0 Å². The Morgan fingerprint density at radius 2 is 1.93 bits per heavy atom. The molecule has 14 heavy (non-hydrogen) atoms. The summed E-state index contributed by atoms with van der Waals surface area (Å²) < 4.78 is 5.07. The molecular formula is C13H16O. The Kier molecular flexibility index (Phi) is 4.56. The summed E-state index contributed by atoms with van der Waals surface area (Å²) >= 11 is 0. The fraction of sp³-hybridized carbons (Fsp3) is 0.231. The minimum Gasteiger partial charge on any atom is -0.497 e. The molecule has 0 spiro atoms. The molecule has 0 saturated carbocycles. The molecule has 0 fully saturated rings. The molecule has 0 saturated heterocycles. The fourth-order valence-corrected chi connectivity index (χ4v) is 1.15. The van der Waals surface area contributed by atoms with Crippen LogP contribution >= 0.6 is 0 Å². The van der Waals surface area contributed by atoms with Gasteiger partial charge in [0.1, 0.15) is 5.75 Å². The van der Waals surface area contributed by atoms with Crippen molar-refractivity contribution in [3.05, 3.63) is 48.6 Å². The Bertz CT molecular complexity index is 296. The van der Waals surface area contributed by atoms with Crippen molar-refractivity contribution in [1.29, 1.82) is 0 Å². The van der Waals surface area contributed by atoms with Gasteiger partial charge in [-0.15, -0.1) is 6.58 Å². The van der Waals surface area contributed by atoms with Gasteiger partial charge in [0.05, 0.1) is 7.11 Å². The standard InChI is InChI=1S/C13H16O/c1-3-4-5-6-7-12-8-10-13(14-2)11-9-12/h3,6-11H,1,4-5H2,2H3/b7-6+. The van der Waals surface area contributed by atoms with E-state index in [0.717, 1.165) is 18.6 Å². The van der Waals surface area contributed by atoms with Crippen molar-refractivity contribution in [1.82, 2.24) is 0 Å². The predicted octanol–water partition coefficient (Wildman–Crippen LogP) is 3.67. The molecule has 1 heteroatoms. The van der Waals surface area contributed by atoms with Gasteiger partial charge in [-0.2, -0.15) is 0 Å². The van der Waals surface area contributed by atoms with Crippen LogP contribution in [0.5, 0.6) is 5.75 Å². The first-order valence-electron chi connectivity index (χ1n) is 4.78. The molecule has 0 unspecified atom stereocenters. The minimum absolute atomic E-state index is 0.897. The first kappa shape index (κ1) is 10.6. The van der Waals surface area contributed by atoms with Crippen LogP contribution in [-0.4, -0.2) is 7.11 Å². The van der Waals surface area contributed by atoms with E-state index < -0.39 is 0 Å². The van der Waals surface area contributed by atoms with E-state index in [9.17, 15) is 0 Å². The number of ether oxygens (including phenoxy) is 1. The molecule has 1 aromatic rings. The van der Waals surface area contributed by atoms with Gasteiger partial charge in [0.15, 0.2) is 0 Å². The molecule has 0 aliphatic heterocycles. The molecule has 0 heterocycles. The van der Waals surface area contributed by atoms with Gasteiger partial charge < -0.3 is 4.74 Å². The van der Waals surface area contributed by atoms with Crippen LogP contribution in [0.3, 0.4) is 0 Å². The van der Waals surface area contributed by atoms with Crippen LogP contribution in [0.1, 0.15) is 18.4 Å². The third-order valence-corrected chi connectivity index (χ3v) is 1.96. The Hall–Kier alpha value is -1.50. The lowest BCUT2D eigenvalue weighted by atomic mass is 10.2. The molecule has 74 valence electrons. The highest BCUT2D eigenvalue weighted by Crippen LogP contribution is 2.12. The van der Waals surface area contributed by atoms with E-state index in [4.69, 9.17) is 4.74 Å². The third-order valence-electron chi connectivity index (χ3n) is 1.96. The summed E-state index contributed by atoms with van der Waals surface area (Å²) in [6, 6.07) is 8.02. The second-order valence-corrected chi connectivity index (χ2v) is 3.04. The Balaban J connectivity index is 2.50. The van der Waals surface area contributed by atoms with Crippen LogP contribution in [-0.2, 0) is 0 Å². The van der Waals surface area contributed by atoms with Crippen LogP contribution in [0.25, 0.3) is 6.08 Å². The molecule has 0 bridgehead atoms. The average Bonchev–Trinajstić information content (AvgIpc) is 2.25. The van der Waals surface area contributed by atoms with Crippen molar-refractivity contribution in [2.45, 2.75) is 12.8 Å². The number of rotatable bonds is 5.